The maximum absolute atomic E-state index is 13.6. The molecule has 9 heteroatoms. The van der Waals surface area contributed by atoms with Gasteiger partial charge in [0.2, 0.25) is 11.8 Å². The molecule has 2 N–H and O–H groups in total. The van der Waals surface area contributed by atoms with Gasteiger partial charge in [-0.2, -0.15) is 0 Å². The van der Waals surface area contributed by atoms with Gasteiger partial charge in [-0.05, 0) is 48.0 Å². The average Bonchev–Trinajstić information content (AvgIpc) is 3.34. The van der Waals surface area contributed by atoms with Gasteiger partial charge in [-0.25, -0.2) is 4.98 Å². The molecule has 5 rings (SSSR count). The highest BCUT2D eigenvalue weighted by Crippen LogP contribution is 2.32. The lowest BCUT2D eigenvalue weighted by Gasteiger charge is -2.12. The Morgan fingerprint density at radius 1 is 0.892 bits per heavy atom. The highest BCUT2D eigenvalue weighted by molar-refractivity contribution is 7.99. The quantitative estimate of drug-likeness (QED) is 0.206. The van der Waals surface area contributed by atoms with Crippen molar-refractivity contribution in [1.82, 2.24) is 9.55 Å². The van der Waals surface area contributed by atoms with Crippen molar-refractivity contribution in [3.63, 3.8) is 0 Å². The number of benzene rings is 3. The summed E-state index contributed by atoms with van der Waals surface area (Å²) in [6.45, 7) is 1.44. The number of hydrogen-bond acceptors (Lipinski definition) is 6. The molecule has 2 amide bonds. The number of anilines is 2. The first-order valence-electron chi connectivity index (χ1n) is 11.5. The highest BCUT2D eigenvalue weighted by atomic mass is 32.2. The number of carbonyl (C=O) groups excluding carboxylic acids is 2. The first-order valence-corrected chi connectivity index (χ1v) is 13.3. The number of nitrogens with zero attached hydrogens (tertiary/aromatic N) is 2. The number of para-hydroxylation sites is 1. The monoisotopic (exact) mass is 526 g/mol. The van der Waals surface area contributed by atoms with E-state index in [0.717, 1.165) is 10.4 Å². The van der Waals surface area contributed by atoms with Gasteiger partial charge in [0.15, 0.2) is 5.16 Å². The molecule has 0 aliphatic rings. The van der Waals surface area contributed by atoms with Crippen LogP contribution in [0.25, 0.3) is 26.3 Å². The van der Waals surface area contributed by atoms with Crippen molar-refractivity contribution in [3.8, 4) is 16.1 Å². The van der Waals surface area contributed by atoms with Crippen molar-refractivity contribution in [1.29, 1.82) is 0 Å². The van der Waals surface area contributed by atoms with Crippen molar-refractivity contribution < 1.29 is 9.59 Å². The number of carbonyl (C=O) groups is 2. The Kier molecular flexibility index (Phi) is 7.16. The van der Waals surface area contributed by atoms with E-state index in [9.17, 15) is 14.4 Å². The van der Waals surface area contributed by atoms with Crippen molar-refractivity contribution in [2.45, 2.75) is 12.1 Å². The van der Waals surface area contributed by atoms with Gasteiger partial charge in [0, 0.05) is 23.2 Å². The van der Waals surface area contributed by atoms with Crippen molar-refractivity contribution in [3.05, 3.63) is 101 Å². The van der Waals surface area contributed by atoms with Gasteiger partial charge >= 0.3 is 0 Å². The van der Waals surface area contributed by atoms with Gasteiger partial charge in [-0.3, -0.25) is 19.0 Å². The zero-order chi connectivity index (χ0) is 25.8. The summed E-state index contributed by atoms with van der Waals surface area (Å²) >= 11 is 2.66. The number of rotatable bonds is 7. The summed E-state index contributed by atoms with van der Waals surface area (Å²) in [5.41, 5.74) is 2.79. The molecule has 0 unspecified atom stereocenters. The Balaban J connectivity index is 1.43. The number of fused-ring (bicyclic) bond motifs is 1. The van der Waals surface area contributed by atoms with E-state index in [2.05, 4.69) is 10.6 Å². The maximum Gasteiger partial charge on any atom is 0.267 e. The zero-order valence-corrected chi connectivity index (χ0v) is 21.4. The van der Waals surface area contributed by atoms with E-state index in [1.807, 2.05) is 66.7 Å². The smallest absolute Gasteiger partial charge is 0.267 e. The van der Waals surface area contributed by atoms with E-state index in [4.69, 9.17) is 4.98 Å². The SMILES string of the molecule is CC(=O)Nc1ccc(NC(=O)CSc2nc3sc(-c4ccccc4)cc3c(=O)n2-c2ccccc2)cc1. The van der Waals surface area contributed by atoms with Gasteiger partial charge in [0.05, 0.1) is 16.8 Å². The Morgan fingerprint density at radius 3 is 2.16 bits per heavy atom. The minimum Gasteiger partial charge on any atom is -0.326 e. The summed E-state index contributed by atoms with van der Waals surface area (Å²) in [5.74, 6) is -0.332. The molecular formula is C28H22N4O3S2. The largest absolute Gasteiger partial charge is 0.326 e. The second-order valence-electron chi connectivity index (χ2n) is 8.16. The molecule has 2 aromatic heterocycles. The van der Waals surface area contributed by atoms with Gasteiger partial charge in [0.1, 0.15) is 4.83 Å². The van der Waals surface area contributed by atoms with E-state index in [1.54, 1.807) is 28.8 Å². The molecule has 2 heterocycles. The number of thiophene rings is 1. The van der Waals surface area contributed by atoms with Crippen LogP contribution in [0.15, 0.2) is 101 Å². The van der Waals surface area contributed by atoms with Crippen molar-refractivity contribution in [2.24, 2.45) is 0 Å². The number of hydrogen-bond donors (Lipinski definition) is 2. The minimum absolute atomic E-state index is 0.0646. The Bertz CT molecular complexity index is 1630. The van der Waals surface area contributed by atoms with Crippen LogP contribution in [0.3, 0.4) is 0 Å². The van der Waals surface area contributed by atoms with Gasteiger partial charge in [0.25, 0.3) is 5.56 Å². The summed E-state index contributed by atoms with van der Waals surface area (Å²) in [4.78, 5) is 43.9. The molecule has 37 heavy (non-hydrogen) atoms. The van der Waals surface area contributed by atoms with Crippen LogP contribution in [-0.2, 0) is 9.59 Å². The minimum atomic E-state index is -0.234. The Hall–Kier alpha value is -4.21. The van der Waals surface area contributed by atoms with E-state index in [-0.39, 0.29) is 23.1 Å². The predicted molar refractivity (Wildman–Crippen MR) is 151 cm³/mol. The number of nitrogens with one attached hydrogen (secondary N) is 2. The van der Waals surface area contributed by atoms with Crippen LogP contribution in [-0.4, -0.2) is 27.1 Å². The number of thioether (sulfide) groups is 1. The van der Waals surface area contributed by atoms with Gasteiger partial charge in [-0.1, -0.05) is 60.3 Å². The summed E-state index contributed by atoms with van der Waals surface area (Å²) in [5, 5.41) is 6.52. The molecule has 0 saturated carbocycles. The fourth-order valence-electron chi connectivity index (χ4n) is 3.78. The zero-order valence-electron chi connectivity index (χ0n) is 19.8. The molecule has 0 saturated heterocycles. The van der Waals surface area contributed by atoms with Crippen LogP contribution >= 0.6 is 23.1 Å². The maximum atomic E-state index is 13.6. The third-order valence-electron chi connectivity index (χ3n) is 5.43. The predicted octanol–water partition coefficient (Wildman–Crippen LogP) is 5.80. The molecule has 0 atom stereocenters. The first-order chi connectivity index (χ1) is 18.0. The van der Waals surface area contributed by atoms with E-state index in [0.29, 0.717) is 32.4 Å². The van der Waals surface area contributed by atoms with Gasteiger partial charge in [-0.15, -0.1) is 11.3 Å². The summed E-state index contributed by atoms with van der Waals surface area (Å²) in [6.07, 6.45) is 0. The Labute approximate surface area is 221 Å². The fraction of sp³-hybridized carbons (Fsp3) is 0.0714. The van der Waals surface area contributed by atoms with Crippen LogP contribution in [0.1, 0.15) is 6.92 Å². The van der Waals surface area contributed by atoms with Crippen molar-refractivity contribution in [2.75, 3.05) is 16.4 Å². The molecule has 7 nitrogen and oxygen atoms in total. The second kappa shape index (κ2) is 10.8. The van der Waals surface area contributed by atoms with Gasteiger partial charge < -0.3 is 10.6 Å². The molecule has 5 aromatic rings. The average molecular weight is 527 g/mol. The van der Waals surface area contributed by atoms with Crippen LogP contribution < -0.4 is 16.2 Å². The van der Waals surface area contributed by atoms with E-state index in [1.165, 1.54) is 30.0 Å². The Morgan fingerprint density at radius 2 is 1.51 bits per heavy atom. The molecular weight excluding hydrogens is 504 g/mol. The summed E-state index contributed by atoms with van der Waals surface area (Å²) in [6, 6.07) is 27.9. The molecule has 0 bridgehead atoms. The van der Waals surface area contributed by atoms with E-state index >= 15 is 0 Å². The summed E-state index contributed by atoms with van der Waals surface area (Å²) < 4.78 is 1.56. The molecule has 0 fully saturated rings. The normalized spacial score (nSPS) is 10.8. The molecule has 0 radical (unpaired) electrons. The lowest BCUT2D eigenvalue weighted by molar-refractivity contribution is -0.114. The van der Waals surface area contributed by atoms with Crippen molar-refractivity contribution >= 4 is 56.5 Å². The lowest BCUT2D eigenvalue weighted by atomic mass is 10.2. The molecule has 3 aromatic carbocycles. The third-order valence-corrected chi connectivity index (χ3v) is 7.45. The first kappa shape index (κ1) is 24.5. The molecule has 0 aliphatic carbocycles. The topological polar surface area (TPSA) is 93.1 Å². The van der Waals surface area contributed by atoms with Crippen LogP contribution in [0.4, 0.5) is 11.4 Å². The van der Waals surface area contributed by atoms with Crippen LogP contribution in [0.5, 0.6) is 0 Å². The highest BCUT2D eigenvalue weighted by Gasteiger charge is 2.17. The standard InChI is InChI=1S/C28H22N4O3S2/c1-18(33)29-20-12-14-21(15-13-20)30-25(34)17-36-28-31-26-23(16-24(37-26)19-8-4-2-5-9-19)27(35)32(28)22-10-6-3-7-11-22/h2-16H,17H2,1H3,(H,29,33)(H,30,34). The molecule has 184 valence electrons. The molecule has 0 aliphatic heterocycles. The number of amides is 2. The summed E-state index contributed by atoms with van der Waals surface area (Å²) in [7, 11) is 0. The van der Waals surface area contributed by atoms with E-state index < -0.39 is 0 Å². The lowest BCUT2D eigenvalue weighted by Crippen LogP contribution is -2.22. The van der Waals surface area contributed by atoms with Crippen LogP contribution in [0.2, 0.25) is 0 Å². The van der Waals surface area contributed by atoms with Crippen LogP contribution in [0, 0.1) is 0 Å². The third kappa shape index (κ3) is 5.63. The molecule has 0 spiro atoms. The fourth-order valence-corrected chi connectivity index (χ4v) is 5.67. The number of aromatic nitrogens is 2. The second-order valence-corrected chi connectivity index (χ2v) is 10.1.